The molecule has 5 nitrogen and oxygen atoms in total. The number of hydrogen-bond donors (Lipinski definition) is 1. The van der Waals surface area contributed by atoms with E-state index in [1.165, 1.54) is 11.8 Å². The maximum atomic E-state index is 12.4. The molecule has 4 rings (SSSR count). The lowest BCUT2D eigenvalue weighted by atomic mass is 10.1. The van der Waals surface area contributed by atoms with Gasteiger partial charge in [-0.2, -0.15) is 0 Å². The first-order chi connectivity index (χ1) is 14.7. The minimum atomic E-state index is -0.101. The van der Waals surface area contributed by atoms with Crippen LogP contribution in [0.1, 0.15) is 11.4 Å². The van der Waals surface area contributed by atoms with Crippen molar-refractivity contribution < 1.29 is 4.79 Å². The molecule has 0 bridgehead atoms. The number of thioether (sulfide) groups is 1. The van der Waals surface area contributed by atoms with Crippen LogP contribution in [0.3, 0.4) is 0 Å². The monoisotopic (exact) mass is 434 g/mol. The molecule has 0 radical (unpaired) electrons. The summed E-state index contributed by atoms with van der Waals surface area (Å²) < 4.78 is 1.96. The van der Waals surface area contributed by atoms with Crippen LogP contribution >= 0.6 is 23.4 Å². The van der Waals surface area contributed by atoms with Gasteiger partial charge in [0.25, 0.3) is 0 Å². The van der Waals surface area contributed by atoms with E-state index >= 15 is 0 Å². The summed E-state index contributed by atoms with van der Waals surface area (Å²) in [6, 6.07) is 27.0. The molecule has 3 aromatic carbocycles. The quantitative estimate of drug-likeness (QED) is 0.404. The van der Waals surface area contributed by atoms with Crippen LogP contribution in [0.2, 0.25) is 5.02 Å². The summed E-state index contributed by atoms with van der Waals surface area (Å²) in [6.45, 7) is 0. The Kier molecular flexibility index (Phi) is 6.47. The molecule has 1 heterocycles. The first-order valence-electron chi connectivity index (χ1n) is 9.41. The summed E-state index contributed by atoms with van der Waals surface area (Å²) in [5, 5.41) is 12.9. The number of nitrogens with one attached hydrogen (secondary N) is 1. The standard InChI is InChI=1S/C23H19ClN4OS/c24-18-10-7-13-20(15-18)28-21(14-17-8-3-1-4-9-17)26-27-23(28)30-16-22(29)25-19-11-5-2-6-12-19/h1-13,15H,14,16H2,(H,25,29). The average molecular weight is 435 g/mol. The van der Waals surface area contributed by atoms with E-state index in [1.54, 1.807) is 0 Å². The highest BCUT2D eigenvalue weighted by molar-refractivity contribution is 7.99. The average Bonchev–Trinajstić information content (AvgIpc) is 3.16. The number of hydrogen-bond acceptors (Lipinski definition) is 4. The lowest BCUT2D eigenvalue weighted by molar-refractivity contribution is -0.113. The van der Waals surface area contributed by atoms with Crippen molar-refractivity contribution in [3.8, 4) is 5.69 Å². The van der Waals surface area contributed by atoms with Gasteiger partial charge in [0.1, 0.15) is 5.82 Å². The van der Waals surface area contributed by atoms with Gasteiger partial charge in [-0.25, -0.2) is 0 Å². The van der Waals surface area contributed by atoms with E-state index in [-0.39, 0.29) is 11.7 Å². The predicted octanol–water partition coefficient (Wildman–Crippen LogP) is 5.24. The van der Waals surface area contributed by atoms with Crippen LogP contribution in [0.25, 0.3) is 5.69 Å². The first kappa shape index (κ1) is 20.2. The molecule has 7 heteroatoms. The Bertz CT molecular complexity index is 1130. The van der Waals surface area contributed by atoms with Crippen molar-refractivity contribution in [2.24, 2.45) is 0 Å². The summed E-state index contributed by atoms with van der Waals surface area (Å²) in [7, 11) is 0. The topological polar surface area (TPSA) is 59.8 Å². The molecule has 1 amide bonds. The Hall–Kier alpha value is -3.09. The molecule has 30 heavy (non-hydrogen) atoms. The molecule has 0 aliphatic carbocycles. The lowest BCUT2D eigenvalue weighted by Gasteiger charge is -2.11. The number of carbonyl (C=O) groups is 1. The zero-order valence-electron chi connectivity index (χ0n) is 16.0. The van der Waals surface area contributed by atoms with Crippen molar-refractivity contribution >= 4 is 35.0 Å². The van der Waals surface area contributed by atoms with Crippen LogP contribution in [-0.4, -0.2) is 26.4 Å². The largest absolute Gasteiger partial charge is 0.325 e. The van der Waals surface area contributed by atoms with Crippen LogP contribution < -0.4 is 5.32 Å². The van der Waals surface area contributed by atoms with Gasteiger partial charge in [-0.1, -0.05) is 78.0 Å². The van der Waals surface area contributed by atoms with Gasteiger partial charge in [-0.3, -0.25) is 9.36 Å². The highest BCUT2D eigenvalue weighted by atomic mass is 35.5. The first-order valence-corrected chi connectivity index (χ1v) is 10.8. The number of benzene rings is 3. The van der Waals surface area contributed by atoms with E-state index in [9.17, 15) is 4.79 Å². The van der Waals surface area contributed by atoms with E-state index in [1.807, 2.05) is 77.4 Å². The highest BCUT2D eigenvalue weighted by Gasteiger charge is 2.16. The highest BCUT2D eigenvalue weighted by Crippen LogP contribution is 2.25. The van der Waals surface area contributed by atoms with Crippen LogP contribution in [0.15, 0.2) is 90.1 Å². The van der Waals surface area contributed by atoms with Gasteiger partial charge in [0.2, 0.25) is 5.91 Å². The summed E-state index contributed by atoms with van der Waals surface area (Å²) in [5.74, 6) is 0.907. The molecule has 0 saturated carbocycles. The molecule has 0 aliphatic rings. The molecule has 0 saturated heterocycles. The molecular weight excluding hydrogens is 416 g/mol. The minimum Gasteiger partial charge on any atom is -0.325 e. The molecule has 4 aromatic rings. The number of aromatic nitrogens is 3. The number of anilines is 1. The van der Waals surface area contributed by atoms with Crippen LogP contribution in [0, 0.1) is 0 Å². The number of para-hydroxylation sites is 1. The second-order valence-corrected chi connectivity index (χ2v) is 7.96. The molecule has 0 atom stereocenters. The number of carbonyl (C=O) groups excluding carboxylic acids is 1. The molecule has 1 aromatic heterocycles. The minimum absolute atomic E-state index is 0.101. The van der Waals surface area contributed by atoms with Crippen LogP contribution in [-0.2, 0) is 11.2 Å². The molecule has 0 unspecified atom stereocenters. The van der Waals surface area contributed by atoms with E-state index in [4.69, 9.17) is 11.6 Å². The summed E-state index contributed by atoms with van der Waals surface area (Å²) in [5.41, 5.74) is 2.76. The van der Waals surface area contributed by atoms with Gasteiger partial charge in [0.15, 0.2) is 5.16 Å². The molecule has 150 valence electrons. The van der Waals surface area contributed by atoms with Gasteiger partial charge >= 0.3 is 0 Å². The van der Waals surface area contributed by atoms with Gasteiger partial charge < -0.3 is 5.32 Å². The molecule has 1 N–H and O–H groups in total. The zero-order chi connectivity index (χ0) is 20.8. The number of halogens is 1. The molecular formula is C23H19ClN4OS. The SMILES string of the molecule is O=C(CSc1nnc(Cc2ccccc2)n1-c1cccc(Cl)c1)Nc1ccccc1. The van der Waals surface area contributed by atoms with Gasteiger partial charge in [0.05, 0.1) is 11.4 Å². The normalized spacial score (nSPS) is 10.7. The molecule has 0 aliphatic heterocycles. The van der Waals surface area contributed by atoms with Crippen molar-refractivity contribution in [3.63, 3.8) is 0 Å². The van der Waals surface area contributed by atoms with E-state index < -0.39 is 0 Å². The maximum Gasteiger partial charge on any atom is 0.234 e. The lowest BCUT2D eigenvalue weighted by Crippen LogP contribution is -2.14. The van der Waals surface area contributed by atoms with Crippen molar-refractivity contribution in [1.29, 1.82) is 0 Å². The fourth-order valence-electron chi connectivity index (χ4n) is 3.01. The van der Waals surface area contributed by atoms with Gasteiger partial charge in [-0.15, -0.1) is 10.2 Å². The summed E-state index contributed by atoms with van der Waals surface area (Å²) in [4.78, 5) is 12.4. The predicted molar refractivity (Wildman–Crippen MR) is 121 cm³/mol. The third-order valence-electron chi connectivity index (χ3n) is 4.36. The van der Waals surface area contributed by atoms with E-state index in [0.29, 0.717) is 16.6 Å². The Morgan fingerprint density at radius 2 is 1.67 bits per heavy atom. The fourth-order valence-corrected chi connectivity index (χ4v) is 3.97. The van der Waals surface area contributed by atoms with E-state index in [2.05, 4.69) is 27.6 Å². The number of rotatable bonds is 7. The van der Waals surface area contributed by atoms with Gasteiger partial charge in [0, 0.05) is 17.1 Å². The second-order valence-electron chi connectivity index (χ2n) is 6.58. The van der Waals surface area contributed by atoms with Crippen molar-refractivity contribution in [1.82, 2.24) is 14.8 Å². The third kappa shape index (κ3) is 5.09. The third-order valence-corrected chi connectivity index (χ3v) is 5.53. The van der Waals surface area contributed by atoms with Crippen LogP contribution in [0.5, 0.6) is 0 Å². The fraction of sp³-hybridized carbons (Fsp3) is 0.0870. The number of amides is 1. The summed E-state index contributed by atoms with van der Waals surface area (Å²) in [6.07, 6.45) is 0.622. The Labute approximate surface area is 184 Å². The summed E-state index contributed by atoms with van der Waals surface area (Å²) >= 11 is 7.56. The van der Waals surface area contributed by atoms with Crippen molar-refractivity contribution in [3.05, 3.63) is 101 Å². The Morgan fingerprint density at radius 1 is 0.933 bits per heavy atom. The Balaban J connectivity index is 1.57. The van der Waals surface area contributed by atoms with E-state index in [0.717, 1.165) is 22.8 Å². The zero-order valence-corrected chi connectivity index (χ0v) is 17.6. The van der Waals surface area contributed by atoms with Crippen molar-refractivity contribution in [2.75, 3.05) is 11.1 Å². The number of nitrogens with zero attached hydrogens (tertiary/aromatic N) is 3. The molecule has 0 fully saturated rings. The van der Waals surface area contributed by atoms with Gasteiger partial charge in [-0.05, 0) is 35.9 Å². The van der Waals surface area contributed by atoms with Crippen LogP contribution in [0.4, 0.5) is 5.69 Å². The maximum absolute atomic E-state index is 12.4. The van der Waals surface area contributed by atoms with Crippen molar-refractivity contribution in [2.45, 2.75) is 11.6 Å². The Morgan fingerprint density at radius 3 is 2.40 bits per heavy atom. The molecule has 0 spiro atoms. The smallest absolute Gasteiger partial charge is 0.234 e. The second kappa shape index (κ2) is 9.61.